The van der Waals surface area contributed by atoms with Crippen LogP contribution in [-0.4, -0.2) is 67.1 Å². The minimum atomic E-state index is -4.69. The van der Waals surface area contributed by atoms with Crippen LogP contribution in [0.4, 0.5) is 13.2 Å². The van der Waals surface area contributed by atoms with Crippen molar-refractivity contribution in [2.45, 2.75) is 45.3 Å². The molecule has 0 heterocycles. The summed E-state index contributed by atoms with van der Waals surface area (Å²) >= 11 is 0. The van der Waals surface area contributed by atoms with E-state index in [2.05, 4.69) is 0 Å². The van der Waals surface area contributed by atoms with Gasteiger partial charge in [-0.1, -0.05) is 13.8 Å². The van der Waals surface area contributed by atoms with Crippen molar-refractivity contribution in [1.29, 1.82) is 0 Å². The number of aliphatic carboxylic acids is 1. The Labute approximate surface area is 153 Å². The summed E-state index contributed by atoms with van der Waals surface area (Å²) in [6.45, 7) is 4.26. The van der Waals surface area contributed by atoms with Gasteiger partial charge in [-0.05, 0) is 57.5 Å². The van der Waals surface area contributed by atoms with Gasteiger partial charge in [0.25, 0.3) is 0 Å². The summed E-state index contributed by atoms with van der Waals surface area (Å²) in [7, 11) is 5.07. The number of carbonyl (C=O) groups is 2. The molecule has 8 heteroatoms. The van der Waals surface area contributed by atoms with Crippen LogP contribution in [0.1, 0.15) is 33.1 Å². The second-order valence-corrected chi connectivity index (χ2v) is 6.92. The van der Waals surface area contributed by atoms with E-state index in [9.17, 15) is 27.9 Å². The molecule has 0 fully saturated rings. The van der Waals surface area contributed by atoms with E-state index in [0.717, 1.165) is 0 Å². The minimum Gasteiger partial charge on any atom is -0.480 e. The van der Waals surface area contributed by atoms with Crippen LogP contribution in [0.2, 0.25) is 0 Å². The molecule has 0 saturated heterocycles. The summed E-state index contributed by atoms with van der Waals surface area (Å²) in [4.78, 5) is 25.3. The molecule has 1 unspecified atom stereocenters. The Hall–Kier alpha value is -1.83. The Morgan fingerprint density at radius 3 is 2.15 bits per heavy atom. The van der Waals surface area contributed by atoms with Crippen molar-refractivity contribution in [2.75, 3.05) is 27.7 Å². The Balaban J connectivity index is 5.79. The van der Waals surface area contributed by atoms with Crippen molar-refractivity contribution >= 4 is 12.3 Å². The van der Waals surface area contributed by atoms with E-state index in [1.807, 2.05) is 32.8 Å². The number of hydrogen-bond donors (Lipinski definition) is 1. The Kier molecular flexibility index (Phi) is 10.2. The zero-order chi connectivity index (χ0) is 20.5. The second kappa shape index (κ2) is 11.0. The largest absolute Gasteiger partial charge is 0.480 e. The first-order chi connectivity index (χ1) is 11.9. The third-order valence-electron chi connectivity index (χ3n) is 3.77. The number of carboxylic acid groups (broad SMARTS) is 1. The van der Waals surface area contributed by atoms with Crippen LogP contribution in [0.3, 0.4) is 0 Å². The first kappa shape index (κ1) is 24.2. The van der Waals surface area contributed by atoms with Gasteiger partial charge in [-0.15, -0.1) is 0 Å². The molecular formula is C18H29F3N2O3. The lowest BCUT2D eigenvalue weighted by molar-refractivity contribution is -0.142. The summed E-state index contributed by atoms with van der Waals surface area (Å²) in [6, 6.07) is -0.940. The van der Waals surface area contributed by atoms with E-state index >= 15 is 0 Å². The molecule has 0 aliphatic rings. The molecule has 5 nitrogen and oxygen atoms in total. The Morgan fingerprint density at radius 2 is 1.77 bits per heavy atom. The van der Waals surface area contributed by atoms with Gasteiger partial charge in [-0.3, -0.25) is 4.79 Å². The molecule has 0 aromatic carbocycles. The molecule has 0 saturated carbocycles. The highest BCUT2D eigenvalue weighted by Crippen LogP contribution is 2.33. The predicted octanol–water partition coefficient (Wildman–Crippen LogP) is 3.33. The standard InChI is InChI=1S/C18H29F3N2O3/c1-13(2)11-16(17(25)26)23(5)12-14(7-6-9-22(3)4)15(8-10-24)18(19,20)21/h8,10,12-13,16H,6-7,9,11H2,1-5H3,(H,25,26)/b14-12-,15-8+. The van der Waals surface area contributed by atoms with Crippen molar-refractivity contribution in [3.05, 3.63) is 23.4 Å². The van der Waals surface area contributed by atoms with E-state index in [1.165, 1.54) is 18.1 Å². The van der Waals surface area contributed by atoms with Crippen LogP contribution in [0, 0.1) is 5.92 Å². The van der Waals surface area contributed by atoms with Gasteiger partial charge in [0.05, 0.1) is 5.57 Å². The van der Waals surface area contributed by atoms with E-state index < -0.39 is 23.8 Å². The van der Waals surface area contributed by atoms with Gasteiger partial charge in [-0.2, -0.15) is 13.2 Å². The first-order valence-electron chi connectivity index (χ1n) is 8.43. The van der Waals surface area contributed by atoms with E-state index in [4.69, 9.17) is 0 Å². The molecule has 0 rings (SSSR count). The zero-order valence-electron chi connectivity index (χ0n) is 16.0. The average Bonchev–Trinajstić information content (AvgIpc) is 2.47. The minimum absolute atomic E-state index is 0.0664. The number of likely N-dealkylation sites (N-methyl/N-ethyl adjacent to an activating group) is 1. The SMILES string of the molecule is CC(C)CC(C(=O)O)N(C)/C=C(CCCN(C)C)\C(=C/C=O)C(F)(F)F. The molecule has 0 amide bonds. The van der Waals surface area contributed by atoms with Crippen LogP contribution in [0.5, 0.6) is 0 Å². The zero-order valence-corrected chi connectivity index (χ0v) is 16.0. The number of allylic oxidation sites excluding steroid dienone is 3. The summed E-state index contributed by atoms with van der Waals surface area (Å²) < 4.78 is 40.0. The second-order valence-electron chi connectivity index (χ2n) is 6.92. The monoisotopic (exact) mass is 378 g/mol. The molecule has 1 atom stereocenters. The first-order valence-corrected chi connectivity index (χ1v) is 8.43. The molecule has 1 N–H and O–H groups in total. The number of carbonyl (C=O) groups excluding carboxylic acids is 1. The number of hydrogen-bond acceptors (Lipinski definition) is 4. The highest BCUT2D eigenvalue weighted by Gasteiger charge is 2.36. The van der Waals surface area contributed by atoms with Crippen molar-refractivity contribution in [3.63, 3.8) is 0 Å². The Bertz CT molecular complexity index is 526. The quantitative estimate of drug-likeness (QED) is 0.339. The van der Waals surface area contributed by atoms with Gasteiger partial charge < -0.3 is 14.9 Å². The van der Waals surface area contributed by atoms with Crippen molar-refractivity contribution in [2.24, 2.45) is 5.92 Å². The number of halogens is 3. The van der Waals surface area contributed by atoms with Gasteiger partial charge in [0.1, 0.15) is 12.3 Å². The third kappa shape index (κ3) is 9.03. The van der Waals surface area contributed by atoms with Crippen LogP contribution < -0.4 is 0 Å². The van der Waals surface area contributed by atoms with Crippen LogP contribution >= 0.6 is 0 Å². The molecule has 150 valence electrons. The molecule has 0 aromatic heterocycles. The van der Waals surface area contributed by atoms with E-state index in [0.29, 0.717) is 25.5 Å². The molecular weight excluding hydrogens is 349 g/mol. The van der Waals surface area contributed by atoms with Crippen molar-refractivity contribution in [1.82, 2.24) is 9.80 Å². The lowest BCUT2D eigenvalue weighted by Gasteiger charge is -2.27. The fourth-order valence-electron chi connectivity index (χ4n) is 2.53. The number of carboxylic acids is 1. The lowest BCUT2D eigenvalue weighted by Crippen LogP contribution is -2.36. The summed E-state index contributed by atoms with van der Waals surface area (Å²) in [5.74, 6) is -1.03. The van der Waals surface area contributed by atoms with Gasteiger partial charge in [0.15, 0.2) is 0 Å². The van der Waals surface area contributed by atoms with Crippen LogP contribution in [0.25, 0.3) is 0 Å². The maximum Gasteiger partial charge on any atom is 0.416 e. The molecule has 26 heavy (non-hydrogen) atoms. The number of rotatable bonds is 11. The predicted molar refractivity (Wildman–Crippen MR) is 94.7 cm³/mol. The molecule has 0 bridgehead atoms. The smallest absolute Gasteiger partial charge is 0.416 e. The van der Waals surface area contributed by atoms with Crippen LogP contribution in [-0.2, 0) is 9.59 Å². The summed E-state index contributed by atoms with van der Waals surface area (Å²) in [5, 5.41) is 9.39. The van der Waals surface area contributed by atoms with Crippen molar-refractivity contribution in [3.8, 4) is 0 Å². The molecule has 0 aromatic rings. The molecule has 0 aliphatic carbocycles. The van der Waals surface area contributed by atoms with E-state index in [-0.39, 0.29) is 24.2 Å². The highest BCUT2D eigenvalue weighted by atomic mass is 19.4. The van der Waals surface area contributed by atoms with Crippen molar-refractivity contribution < 1.29 is 27.9 Å². The van der Waals surface area contributed by atoms with Gasteiger partial charge >= 0.3 is 12.1 Å². The molecule has 0 spiro atoms. The van der Waals surface area contributed by atoms with Gasteiger partial charge in [-0.25, -0.2) is 4.79 Å². The fraction of sp³-hybridized carbons (Fsp3) is 0.667. The summed E-state index contributed by atoms with van der Waals surface area (Å²) in [5.41, 5.74) is -1.13. The summed E-state index contributed by atoms with van der Waals surface area (Å²) in [6.07, 6.45) is -2.07. The highest BCUT2D eigenvalue weighted by molar-refractivity contribution is 5.73. The van der Waals surface area contributed by atoms with Gasteiger partial charge in [0, 0.05) is 13.2 Å². The molecule has 0 aliphatic heterocycles. The topological polar surface area (TPSA) is 60.9 Å². The van der Waals surface area contributed by atoms with Gasteiger partial charge in [0.2, 0.25) is 0 Å². The maximum absolute atomic E-state index is 13.3. The van der Waals surface area contributed by atoms with Crippen LogP contribution in [0.15, 0.2) is 23.4 Å². The lowest BCUT2D eigenvalue weighted by atomic mass is 9.99. The fourth-order valence-corrected chi connectivity index (χ4v) is 2.53. The normalized spacial score (nSPS) is 14.7. The van der Waals surface area contributed by atoms with E-state index in [1.54, 1.807) is 0 Å². The maximum atomic E-state index is 13.3. The number of aldehydes is 1. The Morgan fingerprint density at radius 1 is 1.19 bits per heavy atom. The average molecular weight is 378 g/mol. The molecule has 0 radical (unpaired) electrons. The number of alkyl halides is 3. The number of nitrogens with zero attached hydrogens (tertiary/aromatic N) is 2. The third-order valence-corrected chi connectivity index (χ3v) is 3.77.